The number of amides is 1. The third-order valence-electron chi connectivity index (χ3n) is 4.90. The summed E-state index contributed by atoms with van der Waals surface area (Å²) in [6, 6.07) is 15.3. The maximum absolute atomic E-state index is 12.9. The van der Waals surface area contributed by atoms with Crippen LogP contribution in [0, 0.1) is 0 Å². The van der Waals surface area contributed by atoms with Gasteiger partial charge in [-0.25, -0.2) is 0 Å². The fraction of sp³-hybridized carbons (Fsp3) is 0.250. The lowest BCUT2D eigenvalue weighted by Crippen LogP contribution is -2.31. The Labute approximate surface area is 176 Å². The van der Waals surface area contributed by atoms with Crippen molar-refractivity contribution in [2.24, 2.45) is 0 Å². The lowest BCUT2D eigenvalue weighted by molar-refractivity contribution is -0.140. The van der Waals surface area contributed by atoms with Crippen LogP contribution in [0.25, 0.3) is 5.76 Å². The molecule has 0 spiro atoms. The molecule has 1 aliphatic heterocycles. The molecule has 1 unspecified atom stereocenters. The second-order valence-corrected chi connectivity index (χ2v) is 6.87. The van der Waals surface area contributed by atoms with Crippen molar-refractivity contribution in [1.29, 1.82) is 0 Å². The van der Waals surface area contributed by atoms with Gasteiger partial charge < -0.3 is 19.5 Å². The smallest absolute Gasteiger partial charge is 0.295 e. The number of carbonyl (C=O) groups is 2. The van der Waals surface area contributed by atoms with Gasteiger partial charge in [-0.05, 0) is 36.2 Å². The standard InChI is InChI=1S/C24H25NO5/c1-3-15-30-19-12-10-18(11-13-19)22(26)20-21(17-8-5-4-6-9-17)25(14-7-16-29-2)24(28)23(20)27/h3-6,8-13,21,26H,1,7,14-16H2,2H3. The molecule has 2 aromatic carbocycles. The molecule has 30 heavy (non-hydrogen) atoms. The van der Waals surface area contributed by atoms with Crippen LogP contribution in [-0.2, 0) is 14.3 Å². The minimum absolute atomic E-state index is 0.0865. The van der Waals surface area contributed by atoms with E-state index in [1.165, 1.54) is 4.90 Å². The van der Waals surface area contributed by atoms with Gasteiger partial charge in [-0.15, -0.1) is 0 Å². The van der Waals surface area contributed by atoms with Gasteiger partial charge in [0, 0.05) is 25.8 Å². The van der Waals surface area contributed by atoms with E-state index in [1.54, 1.807) is 37.5 Å². The second kappa shape index (κ2) is 9.89. The van der Waals surface area contributed by atoms with Gasteiger partial charge in [0.2, 0.25) is 0 Å². The summed E-state index contributed by atoms with van der Waals surface area (Å²) >= 11 is 0. The Kier molecular flexibility index (Phi) is 7.03. The Balaban J connectivity index is 2.01. The maximum Gasteiger partial charge on any atom is 0.295 e. The van der Waals surface area contributed by atoms with E-state index in [4.69, 9.17) is 9.47 Å². The van der Waals surface area contributed by atoms with Gasteiger partial charge in [0.25, 0.3) is 11.7 Å². The average Bonchev–Trinajstić information content (AvgIpc) is 3.03. The Morgan fingerprint density at radius 1 is 1.13 bits per heavy atom. The molecule has 1 N–H and O–H groups in total. The molecule has 0 bridgehead atoms. The van der Waals surface area contributed by atoms with Crippen molar-refractivity contribution in [2.45, 2.75) is 12.5 Å². The molecule has 156 valence electrons. The molecule has 6 heteroatoms. The van der Waals surface area contributed by atoms with Crippen molar-refractivity contribution < 1.29 is 24.2 Å². The summed E-state index contributed by atoms with van der Waals surface area (Å²) in [6.07, 6.45) is 2.22. The monoisotopic (exact) mass is 407 g/mol. The van der Waals surface area contributed by atoms with Crippen molar-refractivity contribution in [2.75, 3.05) is 26.9 Å². The van der Waals surface area contributed by atoms with Crippen molar-refractivity contribution in [1.82, 2.24) is 4.90 Å². The quantitative estimate of drug-likeness (QED) is 0.225. The zero-order valence-corrected chi connectivity index (χ0v) is 16.9. The number of ether oxygens (including phenoxy) is 2. The molecule has 2 aromatic rings. The highest BCUT2D eigenvalue weighted by molar-refractivity contribution is 6.46. The second-order valence-electron chi connectivity index (χ2n) is 6.87. The van der Waals surface area contributed by atoms with E-state index >= 15 is 0 Å². The Hall–Kier alpha value is -3.38. The molecule has 0 saturated carbocycles. The van der Waals surface area contributed by atoms with Gasteiger partial charge in [0.1, 0.15) is 18.1 Å². The lowest BCUT2D eigenvalue weighted by Gasteiger charge is -2.25. The Morgan fingerprint density at radius 3 is 2.47 bits per heavy atom. The van der Waals surface area contributed by atoms with Crippen LogP contribution in [0.1, 0.15) is 23.6 Å². The zero-order valence-electron chi connectivity index (χ0n) is 16.9. The first-order valence-electron chi connectivity index (χ1n) is 9.75. The molecule has 6 nitrogen and oxygen atoms in total. The summed E-state index contributed by atoms with van der Waals surface area (Å²) in [4.78, 5) is 27.1. The van der Waals surface area contributed by atoms with Crippen LogP contribution in [0.2, 0.25) is 0 Å². The van der Waals surface area contributed by atoms with Crippen LogP contribution in [0.4, 0.5) is 0 Å². The molecule has 1 atom stereocenters. The van der Waals surface area contributed by atoms with Crippen LogP contribution in [0.5, 0.6) is 5.75 Å². The molecule has 1 amide bonds. The number of aliphatic hydroxyl groups excluding tert-OH is 1. The van der Waals surface area contributed by atoms with Crippen molar-refractivity contribution >= 4 is 17.4 Å². The average molecular weight is 407 g/mol. The summed E-state index contributed by atoms with van der Waals surface area (Å²) in [5, 5.41) is 11.0. The van der Waals surface area contributed by atoms with Gasteiger partial charge in [-0.3, -0.25) is 9.59 Å². The van der Waals surface area contributed by atoms with E-state index in [0.29, 0.717) is 37.5 Å². The summed E-state index contributed by atoms with van der Waals surface area (Å²) in [5.74, 6) is -0.893. The van der Waals surface area contributed by atoms with E-state index in [1.807, 2.05) is 30.3 Å². The number of likely N-dealkylation sites (tertiary alicyclic amines) is 1. The molecule has 1 saturated heterocycles. The van der Waals surface area contributed by atoms with Gasteiger partial charge >= 0.3 is 0 Å². The largest absolute Gasteiger partial charge is 0.507 e. The van der Waals surface area contributed by atoms with Crippen LogP contribution in [0.15, 0.2) is 72.8 Å². The molecule has 3 rings (SSSR count). The molecular formula is C24H25NO5. The molecular weight excluding hydrogens is 382 g/mol. The summed E-state index contributed by atoms with van der Waals surface area (Å²) in [6.45, 7) is 4.79. The fourth-order valence-electron chi connectivity index (χ4n) is 3.49. The first-order chi connectivity index (χ1) is 14.6. The van der Waals surface area contributed by atoms with E-state index in [-0.39, 0.29) is 11.3 Å². The van der Waals surface area contributed by atoms with Gasteiger partial charge in [0.15, 0.2) is 0 Å². The molecule has 1 heterocycles. The minimum atomic E-state index is -0.689. The first-order valence-corrected chi connectivity index (χ1v) is 9.75. The Morgan fingerprint density at radius 2 is 1.83 bits per heavy atom. The van der Waals surface area contributed by atoms with E-state index in [2.05, 4.69) is 6.58 Å². The molecule has 0 aromatic heterocycles. The summed E-state index contributed by atoms with van der Waals surface area (Å²) in [5.41, 5.74) is 1.29. The topological polar surface area (TPSA) is 76.1 Å². The SMILES string of the molecule is C=CCOc1ccc(C(O)=C2C(=O)C(=O)N(CCCOC)C2c2ccccc2)cc1. The highest BCUT2D eigenvalue weighted by Crippen LogP contribution is 2.39. The normalized spacial score (nSPS) is 17.9. The first kappa shape index (κ1) is 21.3. The number of ketones is 1. The number of aliphatic hydroxyl groups is 1. The van der Waals surface area contributed by atoms with Crippen LogP contribution >= 0.6 is 0 Å². The third kappa shape index (κ3) is 4.44. The maximum atomic E-state index is 12.9. The van der Waals surface area contributed by atoms with Crippen molar-refractivity contribution in [3.05, 3.63) is 84.0 Å². The molecule has 1 aliphatic rings. The van der Waals surface area contributed by atoms with E-state index in [0.717, 1.165) is 5.56 Å². The van der Waals surface area contributed by atoms with E-state index in [9.17, 15) is 14.7 Å². The van der Waals surface area contributed by atoms with Crippen molar-refractivity contribution in [3.8, 4) is 5.75 Å². The number of hydrogen-bond acceptors (Lipinski definition) is 5. The summed E-state index contributed by atoms with van der Waals surface area (Å²) in [7, 11) is 1.59. The number of carbonyl (C=O) groups excluding carboxylic acids is 2. The van der Waals surface area contributed by atoms with Gasteiger partial charge in [0.05, 0.1) is 11.6 Å². The number of nitrogens with zero attached hydrogens (tertiary/aromatic N) is 1. The predicted octanol–water partition coefficient (Wildman–Crippen LogP) is 3.71. The van der Waals surface area contributed by atoms with Crippen molar-refractivity contribution in [3.63, 3.8) is 0 Å². The Bertz CT molecular complexity index is 934. The lowest BCUT2D eigenvalue weighted by atomic mass is 9.95. The number of benzene rings is 2. The predicted molar refractivity (Wildman–Crippen MR) is 114 cm³/mol. The highest BCUT2D eigenvalue weighted by Gasteiger charge is 2.45. The fourth-order valence-corrected chi connectivity index (χ4v) is 3.49. The number of methoxy groups -OCH3 is 1. The zero-order chi connectivity index (χ0) is 21.5. The molecule has 0 radical (unpaired) electrons. The van der Waals surface area contributed by atoms with Crippen LogP contribution < -0.4 is 4.74 Å². The number of hydrogen-bond donors (Lipinski definition) is 1. The van der Waals surface area contributed by atoms with Gasteiger partial charge in [-0.1, -0.05) is 43.0 Å². The molecule has 1 fully saturated rings. The number of Topliss-reactive ketones (excluding diaryl/α,β-unsaturated/α-hetero) is 1. The number of rotatable bonds is 9. The minimum Gasteiger partial charge on any atom is -0.507 e. The van der Waals surface area contributed by atoms with Gasteiger partial charge in [-0.2, -0.15) is 0 Å². The summed E-state index contributed by atoms with van der Waals surface area (Å²) < 4.78 is 10.5. The van der Waals surface area contributed by atoms with Crippen LogP contribution in [0.3, 0.4) is 0 Å². The third-order valence-corrected chi connectivity index (χ3v) is 4.90. The van der Waals surface area contributed by atoms with Crippen LogP contribution in [-0.4, -0.2) is 48.6 Å². The highest BCUT2D eigenvalue weighted by atomic mass is 16.5. The molecule has 0 aliphatic carbocycles. The van der Waals surface area contributed by atoms with E-state index < -0.39 is 17.7 Å².